The molecule has 0 saturated carbocycles. The first-order valence-corrected chi connectivity index (χ1v) is 2.79. The largest absolute Gasteiger partial charge is 0.484 e. The smallest absolute Gasteiger partial charge is 0.280 e. The summed E-state index contributed by atoms with van der Waals surface area (Å²) in [5.74, 6) is 0. The Morgan fingerprint density at radius 3 is 1.54 bits per heavy atom. The van der Waals surface area contributed by atoms with Crippen molar-refractivity contribution < 1.29 is 30.7 Å². The third-order valence-electron chi connectivity index (χ3n) is 1.14. The van der Waals surface area contributed by atoms with Crippen molar-refractivity contribution in [3.05, 3.63) is 12.0 Å². The number of hydrogen-bond donors (Lipinski definition) is 0. The molecule has 0 aromatic carbocycles. The first-order valence-electron chi connectivity index (χ1n) is 2.79. The van der Waals surface area contributed by atoms with Crippen LogP contribution < -0.4 is 0 Å². The SMILES string of the molecule is CN(/C(=C\F)C(F)(F)F)C(F)(F)F. The van der Waals surface area contributed by atoms with E-state index < -0.39 is 29.4 Å². The summed E-state index contributed by atoms with van der Waals surface area (Å²) in [7, 11) is 0.0822. The van der Waals surface area contributed by atoms with Crippen LogP contribution in [0.15, 0.2) is 12.0 Å². The molecule has 0 spiro atoms. The zero-order chi connectivity index (χ0) is 10.9. The number of alkyl halides is 6. The summed E-state index contributed by atoms with van der Waals surface area (Å²) in [5, 5.41) is 0. The van der Waals surface area contributed by atoms with Crippen molar-refractivity contribution in [1.82, 2.24) is 4.90 Å². The highest BCUT2D eigenvalue weighted by atomic mass is 19.4. The van der Waals surface area contributed by atoms with Gasteiger partial charge < -0.3 is 0 Å². The first kappa shape index (κ1) is 12.0. The van der Waals surface area contributed by atoms with Crippen LogP contribution in [0, 0.1) is 0 Å². The van der Waals surface area contributed by atoms with E-state index in [1.54, 1.807) is 0 Å². The molecule has 0 aliphatic carbocycles. The van der Waals surface area contributed by atoms with Gasteiger partial charge in [0.15, 0.2) is 5.70 Å². The number of allylic oxidation sites excluding steroid dienone is 1. The maximum Gasteiger partial charge on any atom is 0.484 e. The van der Waals surface area contributed by atoms with Gasteiger partial charge in [0, 0.05) is 7.05 Å². The fraction of sp³-hybridized carbons (Fsp3) is 0.600. The predicted octanol–water partition coefficient (Wildman–Crippen LogP) is 2.81. The molecule has 0 aromatic heterocycles. The molecule has 0 N–H and O–H groups in total. The number of hydrogen-bond acceptors (Lipinski definition) is 1. The van der Waals surface area contributed by atoms with Crippen LogP contribution in [0.2, 0.25) is 0 Å². The van der Waals surface area contributed by atoms with Crippen molar-refractivity contribution in [2.24, 2.45) is 0 Å². The van der Waals surface area contributed by atoms with E-state index in [0.717, 1.165) is 0 Å². The topological polar surface area (TPSA) is 3.24 Å². The molecule has 13 heavy (non-hydrogen) atoms. The molecule has 0 aliphatic heterocycles. The van der Waals surface area contributed by atoms with Gasteiger partial charge in [0.05, 0.1) is 0 Å². The molecular formula is C5H4F7N. The minimum absolute atomic E-state index is 0.0822. The monoisotopic (exact) mass is 211 g/mol. The molecule has 78 valence electrons. The van der Waals surface area contributed by atoms with Crippen molar-refractivity contribution in [2.45, 2.75) is 12.5 Å². The molecule has 0 atom stereocenters. The van der Waals surface area contributed by atoms with Gasteiger partial charge in [-0.15, -0.1) is 0 Å². The second kappa shape index (κ2) is 3.43. The Hall–Kier alpha value is -0.950. The lowest BCUT2D eigenvalue weighted by Gasteiger charge is -2.25. The first-order chi connectivity index (χ1) is 5.60. The maximum atomic E-state index is 11.7. The number of rotatable bonds is 1. The predicted molar refractivity (Wildman–Crippen MR) is 29.1 cm³/mol. The van der Waals surface area contributed by atoms with Crippen LogP contribution in [-0.2, 0) is 0 Å². The van der Waals surface area contributed by atoms with Crippen molar-refractivity contribution in [3.63, 3.8) is 0 Å². The summed E-state index contributed by atoms with van der Waals surface area (Å²) in [5.41, 5.74) is -2.39. The van der Waals surface area contributed by atoms with Gasteiger partial charge in [-0.25, -0.2) is 4.39 Å². The van der Waals surface area contributed by atoms with Crippen molar-refractivity contribution in [2.75, 3.05) is 7.05 Å². The maximum absolute atomic E-state index is 11.7. The molecule has 0 saturated heterocycles. The van der Waals surface area contributed by atoms with Crippen LogP contribution in [0.5, 0.6) is 0 Å². The van der Waals surface area contributed by atoms with Crippen LogP contribution >= 0.6 is 0 Å². The fourth-order valence-corrected chi connectivity index (χ4v) is 0.462. The minimum Gasteiger partial charge on any atom is -0.280 e. The van der Waals surface area contributed by atoms with Gasteiger partial charge in [0.2, 0.25) is 0 Å². The van der Waals surface area contributed by atoms with Gasteiger partial charge in [0.25, 0.3) is 0 Å². The van der Waals surface area contributed by atoms with Crippen LogP contribution in [0.4, 0.5) is 30.7 Å². The summed E-state index contributed by atoms with van der Waals surface area (Å²) in [6, 6.07) is 0. The normalized spacial score (nSPS) is 14.6. The molecule has 0 aromatic rings. The summed E-state index contributed by atoms with van der Waals surface area (Å²) >= 11 is 0. The van der Waals surface area contributed by atoms with Crippen LogP contribution in [0.25, 0.3) is 0 Å². The fourth-order valence-electron chi connectivity index (χ4n) is 0.462. The van der Waals surface area contributed by atoms with E-state index in [1.165, 1.54) is 0 Å². The van der Waals surface area contributed by atoms with E-state index in [9.17, 15) is 30.7 Å². The number of halogens is 7. The van der Waals surface area contributed by atoms with Gasteiger partial charge in [0.1, 0.15) is 6.33 Å². The average Bonchev–Trinajstić information content (AvgIpc) is 1.83. The molecular weight excluding hydrogens is 207 g/mol. The van der Waals surface area contributed by atoms with Gasteiger partial charge in [-0.1, -0.05) is 0 Å². The molecule has 0 rings (SSSR count). The van der Waals surface area contributed by atoms with E-state index in [-0.39, 0.29) is 7.05 Å². The summed E-state index contributed by atoms with van der Waals surface area (Å²) in [6.07, 6.45) is -11.8. The van der Waals surface area contributed by atoms with E-state index >= 15 is 0 Å². The highest BCUT2D eigenvalue weighted by Gasteiger charge is 2.46. The van der Waals surface area contributed by atoms with Crippen molar-refractivity contribution >= 4 is 0 Å². The van der Waals surface area contributed by atoms with Gasteiger partial charge in [-0.3, -0.25) is 4.90 Å². The Labute approximate surface area is 68.4 Å². The molecule has 0 aliphatic rings. The van der Waals surface area contributed by atoms with Crippen LogP contribution in [0.1, 0.15) is 0 Å². The third kappa shape index (κ3) is 3.11. The van der Waals surface area contributed by atoms with Gasteiger partial charge in [-0.05, 0) is 0 Å². The Bertz CT molecular complexity index is 200. The highest BCUT2D eigenvalue weighted by Crippen LogP contribution is 2.34. The number of nitrogens with zero attached hydrogens (tertiary/aromatic N) is 1. The summed E-state index contributed by atoms with van der Waals surface area (Å²) < 4.78 is 81.4. The van der Waals surface area contributed by atoms with Crippen molar-refractivity contribution in [1.29, 1.82) is 0 Å². The zero-order valence-corrected chi connectivity index (χ0v) is 6.17. The lowest BCUT2D eigenvalue weighted by molar-refractivity contribution is -0.245. The molecule has 8 heteroatoms. The highest BCUT2D eigenvalue weighted by molar-refractivity contribution is 5.04. The molecule has 0 heterocycles. The third-order valence-corrected chi connectivity index (χ3v) is 1.14. The minimum atomic E-state index is -5.36. The molecule has 0 fully saturated rings. The van der Waals surface area contributed by atoms with Crippen LogP contribution in [0.3, 0.4) is 0 Å². The second-order valence-corrected chi connectivity index (χ2v) is 2.02. The Morgan fingerprint density at radius 1 is 1.08 bits per heavy atom. The molecule has 1 nitrogen and oxygen atoms in total. The zero-order valence-electron chi connectivity index (χ0n) is 6.17. The van der Waals surface area contributed by atoms with E-state index in [2.05, 4.69) is 0 Å². The average molecular weight is 211 g/mol. The quantitative estimate of drug-likeness (QED) is 0.476. The Morgan fingerprint density at radius 2 is 1.46 bits per heavy atom. The van der Waals surface area contributed by atoms with Gasteiger partial charge >= 0.3 is 12.5 Å². The molecule has 0 radical (unpaired) electrons. The van der Waals surface area contributed by atoms with Crippen LogP contribution in [-0.4, -0.2) is 24.4 Å². The molecule has 0 amide bonds. The lowest BCUT2D eigenvalue weighted by atomic mass is 10.4. The van der Waals surface area contributed by atoms with E-state index in [4.69, 9.17) is 0 Å². The molecule has 0 bridgehead atoms. The van der Waals surface area contributed by atoms with E-state index in [0.29, 0.717) is 0 Å². The lowest BCUT2D eigenvalue weighted by Crippen LogP contribution is -2.38. The Kier molecular flexibility index (Phi) is 3.18. The molecule has 0 unspecified atom stereocenters. The summed E-state index contributed by atoms with van der Waals surface area (Å²) in [6.45, 7) is 0. The standard InChI is InChI=1S/C5H4F7N/c1-13(5(10,11)12)3(2-6)4(7,8)9/h2H,1H3/b3-2-. The Balaban J connectivity index is 4.84. The van der Waals surface area contributed by atoms with Crippen molar-refractivity contribution in [3.8, 4) is 0 Å². The van der Waals surface area contributed by atoms with Gasteiger partial charge in [-0.2, -0.15) is 26.3 Å². The second-order valence-electron chi connectivity index (χ2n) is 2.02. The van der Waals surface area contributed by atoms with E-state index in [1.807, 2.05) is 0 Å². The summed E-state index contributed by atoms with van der Waals surface area (Å²) in [4.78, 5) is -1.15.